The lowest BCUT2D eigenvalue weighted by Gasteiger charge is -1.99. The lowest BCUT2D eigenvalue weighted by Crippen LogP contribution is -2.23. The Balaban J connectivity index is 1.48. The molecule has 6 rings (SSSR count). The number of halogens is 2. The smallest absolute Gasteiger partial charge is 0.266 e. The van der Waals surface area contributed by atoms with Crippen LogP contribution in [0.2, 0.25) is 10.0 Å². The van der Waals surface area contributed by atoms with Gasteiger partial charge in [-0.05, 0) is 47.9 Å². The fourth-order valence-electron chi connectivity index (χ4n) is 3.57. The summed E-state index contributed by atoms with van der Waals surface area (Å²) in [5, 5.41) is 12.2. The number of hydrogen-bond acceptors (Lipinski definition) is 6. The first-order valence-electron chi connectivity index (χ1n) is 10.1. The van der Waals surface area contributed by atoms with Gasteiger partial charge in [0.05, 0.1) is 20.1 Å². The molecule has 4 heterocycles. The Hall–Kier alpha value is -3.30. The van der Waals surface area contributed by atoms with Gasteiger partial charge < -0.3 is 0 Å². The van der Waals surface area contributed by atoms with Crippen LogP contribution in [0.1, 0.15) is 5.56 Å². The summed E-state index contributed by atoms with van der Waals surface area (Å²) in [7, 11) is 0. The van der Waals surface area contributed by atoms with Crippen molar-refractivity contribution in [3.63, 3.8) is 0 Å². The lowest BCUT2D eigenvalue weighted by atomic mass is 10.2. The Morgan fingerprint density at radius 3 is 2.56 bits per heavy atom. The van der Waals surface area contributed by atoms with Gasteiger partial charge in [-0.3, -0.25) is 4.79 Å². The molecule has 0 saturated heterocycles. The van der Waals surface area contributed by atoms with Gasteiger partial charge in [0.1, 0.15) is 5.69 Å². The maximum absolute atomic E-state index is 13.2. The van der Waals surface area contributed by atoms with Crippen molar-refractivity contribution in [1.82, 2.24) is 24.4 Å². The zero-order chi connectivity index (χ0) is 23.2. The predicted molar refractivity (Wildman–Crippen MR) is 138 cm³/mol. The van der Waals surface area contributed by atoms with Crippen LogP contribution in [0, 0.1) is 0 Å². The highest BCUT2D eigenvalue weighted by Gasteiger charge is 2.16. The van der Waals surface area contributed by atoms with Crippen molar-refractivity contribution in [2.45, 2.75) is 0 Å². The predicted octanol–water partition coefficient (Wildman–Crippen LogP) is 5.59. The summed E-state index contributed by atoms with van der Waals surface area (Å²) < 4.78 is 3.65. The first-order chi connectivity index (χ1) is 16.6. The molecule has 0 unspecified atom stereocenters. The normalized spacial score (nSPS) is 12.1. The van der Waals surface area contributed by atoms with Crippen LogP contribution < -0.4 is 10.1 Å². The molecule has 34 heavy (non-hydrogen) atoms. The Morgan fingerprint density at radius 2 is 1.82 bits per heavy atom. The van der Waals surface area contributed by atoms with Gasteiger partial charge in [-0.25, -0.2) is 4.68 Å². The van der Waals surface area contributed by atoms with Crippen LogP contribution in [0.15, 0.2) is 77.0 Å². The molecule has 4 aromatic heterocycles. The second-order valence-corrected chi connectivity index (χ2v) is 10.2. The molecule has 0 radical (unpaired) electrons. The van der Waals surface area contributed by atoms with Crippen molar-refractivity contribution < 1.29 is 0 Å². The van der Waals surface area contributed by atoms with Crippen LogP contribution in [0.5, 0.6) is 0 Å². The maximum atomic E-state index is 13.2. The molecular weight excluding hydrogens is 509 g/mol. The zero-order valence-electron chi connectivity index (χ0n) is 17.2. The molecule has 0 spiro atoms. The molecule has 0 saturated carbocycles. The van der Waals surface area contributed by atoms with Crippen LogP contribution in [0.4, 0.5) is 0 Å². The van der Waals surface area contributed by atoms with Crippen LogP contribution in [-0.4, -0.2) is 24.4 Å². The first-order valence-corrected chi connectivity index (χ1v) is 12.6. The third-order valence-corrected chi connectivity index (χ3v) is 7.54. The number of fused-ring (bicyclic) bond motifs is 1. The summed E-state index contributed by atoms with van der Waals surface area (Å²) in [6.45, 7) is 0. The topological polar surface area (TPSA) is 65.1 Å². The SMILES string of the molecule is O=c1c(=Cc2cn(-c3ccccc3)nc2-c2cccs2)sc2nc(-c3ccc(Cl)cc3Cl)nn12. The Morgan fingerprint density at radius 1 is 0.971 bits per heavy atom. The fourth-order valence-corrected chi connectivity index (χ4v) is 5.69. The van der Waals surface area contributed by atoms with Crippen molar-refractivity contribution >= 4 is 56.9 Å². The van der Waals surface area contributed by atoms with Crippen molar-refractivity contribution in [2.75, 3.05) is 0 Å². The molecule has 0 atom stereocenters. The van der Waals surface area contributed by atoms with Crippen LogP contribution in [-0.2, 0) is 0 Å². The van der Waals surface area contributed by atoms with Crippen molar-refractivity contribution in [3.8, 4) is 27.6 Å². The average Bonchev–Trinajstić information content (AvgIpc) is 3.61. The van der Waals surface area contributed by atoms with E-state index in [9.17, 15) is 4.79 Å². The number of hydrogen-bond donors (Lipinski definition) is 0. The lowest BCUT2D eigenvalue weighted by molar-refractivity contribution is 0.885. The molecule has 166 valence electrons. The average molecular weight is 522 g/mol. The first kappa shape index (κ1) is 21.2. The fraction of sp³-hybridized carbons (Fsp3) is 0. The molecule has 0 fully saturated rings. The summed E-state index contributed by atoms with van der Waals surface area (Å²) in [5.74, 6) is 0.382. The standard InChI is InChI=1S/C24H13Cl2N5OS2/c25-15-8-9-17(18(26)12-15)22-27-24-31(29-22)23(32)20(34-24)11-14-13-30(16-5-2-1-3-6-16)28-21(14)19-7-4-10-33-19/h1-13H. The van der Waals surface area contributed by atoms with Crippen molar-refractivity contribution in [1.29, 1.82) is 0 Å². The molecular formula is C24H13Cl2N5OS2. The highest BCUT2D eigenvalue weighted by molar-refractivity contribution is 7.15. The zero-order valence-corrected chi connectivity index (χ0v) is 20.4. The molecule has 2 aromatic carbocycles. The largest absolute Gasteiger partial charge is 0.291 e. The number of benzene rings is 2. The quantitative estimate of drug-likeness (QED) is 0.303. The van der Waals surface area contributed by atoms with E-state index in [4.69, 9.17) is 28.3 Å². The molecule has 0 N–H and O–H groups in total. The van der Waals surface area contributed by atoms with Gasteiger partial charge in [0.15, 0.2) is 5.82 Å². The summed E-state index contributed by atoms with van der Waals surface area (Å²) in [5.41, 5.74) is 2.97. The third kappa shape index (κ3) is 3.74. The van der Waals surface area contributed by atoms with E-state index >= 15 is 0 Å². The summed E-state index contributed by atoms with van der Waals surface area (Å²) >= 11 is 15.2. The van der Waals surface area contributed by atoms with Crippen LogP contribution in [0.3, 0.4) is 0 Å². The molecule has 0 amide bonds. The van der Waals surface area contributed by atoms with Crippen molar-refractivity contribution in [3.05, 3.63) is 103 Å². The van der Waals surface area contributed by atoms with E-state index in [-0.39, 0.29) is 5.56 Å². The number of para-hydroxylation sites is 1. The minimum absolute atomic E-state index is 0.242. The van der Waals surface area contributed by atoms with Gasteiger partial charge in [0, 0.05) is 22.3 Å². The monoisotopic (exact) mass is 521 g/mol. The number of thiophene rings is 1. The molecule has 10 heteroatoms. The van der Waals surface area contributed by atoms with Gasteiger partial charge in [0.2, 0.25) is 4.96 Å². The van der Waals surface area contributed by atoms with E-state index in [0.29, 0.717) is 30.9 Å². The van der Waals surface area contributed by atoms with Crippen LogP contribution >= 0.6 is 45.9 Å². The number of aromatic nitrogens is 5. The van der Waals surface area contributed by atoms with E-state index in [1.807, 2.05) is 64.8 Å². The van der Waals surface area contributed by atoms with E-state index in [2.05, 4.69) is 10.1 Å². The highest BCUT2D eigenvalue weighted by Crippen LogP contribution is 2.30. The number of thiazole rings is 1. The van der Waals surface area contributed by atoms with E-state index in [0.717, 1.165) is 21.8 Å². The molecule has 0 aliphatic rings. The van der Waals surface area contributed by atoms with Gasteiger partial charge in [-0.15, -0.1) is 16.4 Å². The number of rotatable bonds is 4. The number of nitrogens with zero attached hydrogens (tertiary/aromatic N) is 5. The van der Waals surface area contributed by atoms with Gasteiger partial charge in [-0.2, -0.15) is 14.6 Å². The molecule has 0 aliphatic heterocycles. The molecule has 6 nitrogen and oxygen atoms in total. The maximum Gasteiger partial charge on any atom is 0.291 e. The Bertz CT molecular complexity index is 1750. The molecule has 0 aliphatic carbocycles. The van der Waals surface area contributed by atoms with Gasteiger partial charge >= 0.3 is 0 Å². The third-order valence-electron chi connectivity index (χ3n) is 5.16. The van der Waals surface area contributed by atoms with E-state index in [1.165, 1.54) is 15.9 Å². The van der Waals surface area contributed by atoms with E-state index in [1.54, 1.807) is 29.5 Å². The van der Waals surface area contributed by atoms with Crippen LogP contribution in [0.25, 0.3) is 38.7 Å². The van der Waals surface area contributed by atoms with Gasteiger partial charge in [-0.1, -0.05) is 58.8 Å². The highest BCUT2D eigenvalue weighted by atomic mass is 35.5. The van der Waals surface area contributed by atoms with Gasteiger partial charge in [0.25, 0.3) is 5.56 Å². The Labute approximate surface area is 211 Å². The summed E-state index contributed by atoms with van der Waals surface area (Å²) in [4.78, 5) is 19.2. The minimum atomic E-state index is -0.242. The second kappa shape index (κ2) is 8.48. The summed E-state index contributed by atoms with van der Waals surface area (Å²) in [6, 6.07) is 18.9. The second-order valence-electron chi connectivity index (χ2n) is 7.36. The Kier molecular flexibility index (Phi) is 5.30. The summed E-state index contributed by atoms with van der Waals surface area (Å²) in [6.07, 6.45) is 3.78. The molecule has 6 aromatic rings. The minimum Gasteiger partial charge on any atom is -0.266 e. The van der Waals surface area contributed by atoms with E-state index < -0.39 is 0 Å². The van der Waals surface area contributed by atoms with Crippen molar-refractivity contribution in [2.24, 2.45) is 0 Å². The molecule has 0 bridgehead atoms.